The van der Waals surface area contributed by atoms with Crippen molar-refractivity contribution >= 4 is 22.6 Å². The van der Waals surface area contributed by atoms with Crippen LogP contribution in [0.5, 0.6) is 0 Å². The minimum absolute atomic E-state index is 0.0384. The first-order valence-electron chi connectivity index (χ1n) is 13.1. The summed E-state index contributed by atoms with van der Waals surface area (Å²) in [5, 5.41) is 0.355. The highest BCUT2D eigenvalue weighted by atomic mass is 28.4. The molecule has 0 N–H and O–H groups in total. The van der Waals surface area contributed by atoms with Crippen LogP contribution in [0.15, 0.2) is 18.2 Å². The smallest absolute Gasteiger partial charge is 0.331 e. The van der Waals surface area contributed by atoms with Crippen LogP contribution >= 0.6 is 0 Å². The van der Waals surface area contributed by atoms with Gasteiger partial charge in [-0.25, -0.2) is 4.79 Å². The standard InChI is InChI=1S/C28H52O6Si2/c1-27(2,3)35(8,9)33-20-24-17-23(13-12-14-31-15-16-32-22-26(29)30-7)18-25(19-24)21-34-36(10,11)28(4,5)6/h17-19H,12-16,20-22H2,1-11H3. The van der Waals surface area contributed by atoms with Gasteiger partial charge in [-0.05, 0) is 65.8 Å². The average Bonchev–Trinajstić information content (AvgIpc) is 2.76. The van der Waals surface area contributed by atoms with E-state index in [9.17, 15) is 4.79 Å². The largest absolute Gasteiger partial charge is 0.467 e. The van der Waals surface area contributed by atoms with Gasteiger partial charge in [0.15, 0.2) is 16.6 Å². The molecule has 0 aromatic heterocycles. The summed E-state index contributed by atoms with van der Waals surface area (Å²) in [6, 6.07) is 6.78. The number of carbonyl (C=O) groups excluding carboxylic acids is 1. The molecular weight excluding hydrogens is 488 g/mol. The molecular formula is C28H52O6Si2. The second-order valence-corrected chi connectivity index (χ2v) is 22.2. The van der Waals surface area contributed by atoms with Gasteiger partial charge >= 0.3 is 5.97 Å². The number of hydrogen-bond donors (Lipinski definition) is 0. The summed E-state index contributed by atoms with van der Waals surface area (Å²) in [4.78, 5) is 11.1. The number of methoxy groups -OCH3 is 1. The lowest BCUT2D eigenvalue weighted by Gasteiger charge is -2.36. The van der Waals surface area contributed by atoms with Crippen LogP contribution in [-0.2, 0) is 47.5 Å². The van der Waals surface area contributed by atoms with Gasteiger partial charge in [-0.2, -0.15) is 0 Å². The lowest BCUT2D eigenvalue weighted by atomic mass is 10.0. The molecule has 36 heavy (non-hydrogen) atoms. The number of aryl methyl sites for hydroxylation is 1. The van der Waals surface area contributed by atoms with E-state index in [1.807, 2.05) is 0 Å². The zero-order valence-corrected chi connectivity index (χ0v) is 26.8. The van der Waals surface area contributed by atoms with Crippen LogP contribution in [0.3, 0.4) is 0 Å². The number of benzene rings is 1. The Kier molecular flexibility index (Phi) is 13.0. The van der Waals surface area contributed by atoms with Crippen LogP contribution in [0.1, 0.15) is 64.7 Å². The molecule has 0 aliphatic heterocycles. The molecule has 0 unspecified atom stereocenters. The Balaban J connectivity index is 2.78. The summed E-state index contributed by atoms with van der Waals surface area (Å²) >= 11 is 0. The van der Waals surface area contributed by atoms with Crippen LogP contribution < -0.4 is 0 Å². The van der Waals surface area contributed by atoms with E-state index in [4.69, 9.17) is 18.3 Å². The average molecular weight is 541 g/mol. The van der Waals surface area contributed by atoms with Crippen molar-refractivity contribution in [2.24, 2.45) is 0 Å². The maximum atomic E-state index is 11.1. The van der Waals surface area contributed by atoms with Crippen LogP contribution in [0, 0.1) is 0 Å². The van der Waals surface area contributed by atoms with Crippen molar-refractivity contribution in [3.8, 4) is 0 Å². The lowest BCUT2D eigenvalue weighted by molar-refractivity contribution is -0.146. The first-order chi connectivity index (χ1) is 16.5. The van der Waals surface area contributed by atoms with E-state index >= 15 is 0 Å². The van der Waals surface area contributed by atoms with Crippen LogP contribution in [0.25, 0.3) is 0 Å². The third-order valence-electron chi connectivity index (χ3n) is 7.50. The highest BCUT2D eigenvalue weighted by Gasteiger charge is 2.38. The molecule has 0 radical (unpaired) electrons. The fourth-order valence-corrected chi connectivity index (χ4v) is 4.84. The van der Waals surface area contributed by atoms with E-state index in [-0.39, 0.29) is 22.7 Å². The van der Waals surface area contributed by atoms with Crippen LogP contribution in [-0.4, -0.2) is 56.1 Å². The topological polar surface area (TPSA) is 63.2 Å². The van der Waals surface area contributed by atoms with Gasteiger partial charge in [-0.1, -0.05) is 59.7 Å². The summed E-state index contributed by atoms with van der Waals surface area (Å²) in [5.41, 5.74) is 3.71. The molecule has 8 heteroatoms. The number of rotatable bonds is 15. The van der Waals surface area contributed by atoms with Gasteiger partial charge < -0.3 is 23.1 Å². The van der Waals surface area contributed by atoms with Crippen molar-refractivity contribution in [3.05, 3.63) is 34.9 Å². The van der Waals surface area contributed by atoms with Gasteiger partial charge in [0.2, 0.25) is 0 Å². The van der Waals surface area contributed by atoms with Gasteiger partial charge in [-0.15, -0.1) is 0 Å². The van der Waals surface area contributed by atoms with E-state index in [0.29, 0.717) is 33.0 Å². The number of carbonyl (C=O) groups is 1. The first-order valence-corrected chi connectivity index (χ1v) is 18.9. The minimum atomic E-state index is -1.84. The molecule has 0 fully saturated rings. The molecule has 0 bridgehead atoms. The highest BCUT2D eigenvalue weighted by Crippen LogP contribution is 2.38. The van der Waals surface area contributed by atoms with E-state index in [1.54, 1.807) is 0 Å². The Morgan fingerprint density at radius 2 is 1.17 bits per heavy atom. The lowest BCUT2D eigenvalue weighted by Crippen LogP contribution is -2.40. The molecule has 0 atom stereocenters. The van der Waals surface area contributed by atoms with E-state index in [1.165, 1.54) is 23.8 Å². The second kappa shape index (κ2) is 14.2. The SMILES string of the molecule is COC(=O)COCCOCCCc1cc(CO[Si](C)(C)C(C)(C)C)cc(CO[Si](C)(C)C(C)(C)C)c1. The van der Waals surface area contributed by atoms with Crippen molar-refractivity contribution in [2.75, 3.05) is 33.5 Å². The van der Waals surface area contributed by atoms with Crippen molar-refractivity contribution in [3.63, 3.8) is 0 Å². The third kappa shape index (κ3) is 11.6. The molecule has 208 valence electrons. The van der Waals surface area contributed by atoms with Gasteiger partial charge in [0, 0.05) is 6.61 Å². The summed E-state index contributed by atoms with van der Waals surface area (Å²) < 4.78 is 28.5. The summed E-state index contributed by atoms with van der Waals surface area (Å²) in [6.45, 7) is 25.5. The molecule has 0 spiro atoms. The number of esters is 1. The van der Waals surface area contributed by atoms with Crippen molar-refractivity contribution in [2.45, 2.75) is 104 Å². The zero-order valence-electron chi connectivity index (χ0n) is 24.8. The molecule has 0 amide bonds. The van der Waals surface area contributed by atoms with E-state index < -0.39 is 16.6 Å². The minimum Gasteiger partial charge on any atom is -0.467 e. The molecule has 0 saturated heterocycles. The Morgan fingerprint density at radius 3 is 1.61 bits per heavy atom. The Morgan fingerprint density at radius 1 is 0.722 bits per heavy atom. The van der Waals surface area contributed by atoms with E-state index in [0.717, 1.165) is 12.8 Å². The van der Waals surface area contributed by atoms with Crippen LogP contribution in [0.2, 0.25) is 36.3 Å². The Hall–Kier alpha value is -1.04. The molecule has 1 aromatic rings. The monoisotopic (exact) mass is 540 g/mol. The Bertz CT molecular complexity index is 761. The first kappa shape index (κ1) is 33.0. The van der Waals surface area contributed by atoms with E-state index in [2.05, 4.69) is 90.7 Å². The molecule has 0 aliphatic rings. The predicted molar refractivity (Wildman–Crippen MR) is 152 cm³/mol. The van der Waals surface area contributed by atoms with Gasteiger partial charge in [0.05, 0.1) is 33.5 Å². The van der Waals surface area contributed by atoms with Gasteiger partial charge in [-0.3, -0.25) is 0 Å². The predicted octanol–water partition coefficient (Wildman–Crippen LogP) is 6.87. The summed E-state index contributed by atoms with van der Waals surface area (Å²) in [6.07, 6.45) is 1.83. The highest BCUT2D eigenvalue weighted by molar-refractivity contribution is 6.74. The zero-order chi connectivity index (χ0) is 27.6. The van der Waals surface area contributed by atoms with Gasteiger partial charge in [0.25, 0.3) is 0 Å². The fourth-order valence-electron chi connectivity index (χ4n) is 2.92. The van der Waals surface area contributed by atoms with Gasteiger partial charge in [0.1, 0.15) is 6.61 Å². The number of hydrogen-bond acceptors (Lipinski definition) is 6. The maximum Gasteiger partial charge on any atom is 0.331 e. The quantitative estimate of drug-likeness (QED) is 0.137. The second-order valence-electron chi connectivity index (χ2n) is 12.6. The van der Waals surface area contributed by atoms with Crippen molar-refractivity contribution < 1.29 is 27.9 Å². The third-order valence-corrected chi connectivity index (χ3v) is 16.5. The number of ether oxygens (including phenoxy) is 3. The fraction of sp³-hybridized carbons (Fsp3) is 0.750. The maximum absolute atomic E-state index is 11.1. The van der Waals surface area contributed by atoms with Crippen molar-refractivity contribution in [1.82, 2.24) is 0 Å². The Labute approximate surface area is 222 Å². The van der Waals surface area contributed by atoms with Crippen LogP contribution in [0.4, 0.5) is 0 Å². The molecule has 0 aliphatic carbocycles. The summed E-state index contributed by atoms with van der Waals surface area (Å²) in [7, 11) is -2.33. The molecule has 0 heterocycles. The summed E-state index contributed by atoms with van der Waals surface area (Å²) in [5.74, 6) is -0.374. The molecule has 1 aromatic carbocycles. The molecule has 1 rings (SSSR count). The van der Waals surface area contributed by atoms with Crippen molar-refractivity contribution in [1.29, 1.82) is 0 Å². The molecule has 6 nitrogen and oxygen atoms in total. The normalized spacial score (nSPS) is 13.2. The molecule has 0 saturated carbocycles.